The summed E-state index contributed by atoms with van der Waals surface area (Å²) in [6.07, 6.45) is 0. The summed E-state index contributed by atoms with van der Waals surface area (Å²) in [6, 6.07) is 0. The lowest BCUT2D eigenvalue weighted by atomic mass is 10.7. The second-order valence-electron chi connectivity index (χ2n) is 2.03. The normalized spacial score (nSPS) is 5.65. The van der Waals surface area contributed by atoms with Crippen molar-refractivity contribution in [3.8, 4) is 0 Å². The van der Waals surface area contributed by atoms with Crippen molar-refractivity contribution in [1.29, 1.82) is 0 Å². The zero-order valence-corrected chi connectivity index (χ0v) is 12.4. The monoisotopic (exact) mass is 251 g/mol. The van der Waals surface area contributed by atoms with Crippen molar-refractivity contribution in [2.75, 3.05) is 7.05 Å². The molecule has 0 unspecified atom stereocenters. The highest BCUT2D eigenvalue weighted by atomic mass is 16.2. The van der Waals surface area contributed by atoms with Crippen LogP contribution < -0.4 is 16.8 Å². The lowest BCUT2D eigenvalue weighted by Crippen LogP contribution is -2.11. The summed E-state index contributed by atoms with van der Waals surface area (Å²) in [5.74, 6) is -0.662. The van der Waals surface area contributed by atoms with Gasteiger partial charge in [0, 0.05) is 27.8 Å². The van der Waals surface area contributed by atoms with E-state index in [-0.39, 0.29) is 17.7 Å². The molecule has 0 aliphatic heterocycles. The topological polar surface area (TPSA) is 115 Å². The number of nitrogens with two attached hydrogens (primary N) is 2. The standard InChI is InChI=1S/C3H7NO.2C2H5NO.2C2H6/c1-3(5)4-2;2*1-2(3)4;2*1-2/h1-2H3,(H,4,5);2*1H3,(H2,3,4);2*1-2H3. The molecule has 0 aromatic rings. The van der Waals surface area contributed by atoms with Gasteiger partial charge in [-0.2, -0.15) is 0 Å². The molecule has 5 N–H and O–H groups in total. The number of primary amides is 2. The van der Waals surface area contributed by atoms with Crippen molar-refractivity contribution in [3.05, 3.63) is 0 Å². The molecule has 0 bridgehead atoms. The summed E-state index contributed by atoms with van der Waals surface area (Å²) in [5, 5.41) is 2.39. The first-order valence-corrected chi connectivity index (χ1v) is 5.44. The number of amides is 3. The van der Waals surface area contributed by atoms with Gasteiger partial charge in [0.2, 0.25) is 17.7 Å². The third-order valence-electron chi connectivity index (χ3n) is 0.352. The van der Waals surface area contributed by atoms with Crippen LogP contribution in [0.2, 0.25) is 0 Å². The van der Waals surface area contributed by atoms with Crippen LogP contribution in [0.4, 0.5) is 0 Å². The first-order chi connectivity index (χ1) is 7.73. The average Bonchev–Trinajstić information content (AvgIpc) is 2.22. The zero-order valence-electron chi connectivity index (χ0n) is 12.4. The fraction of sp³-hybridized carbons (Fsp3) is 0.727. The first-order valence-electron chi connectivity index (χ1n) is 5.44. The van der Waals surface area contributed by atoms with Gasteiger partial charge in [0.15, 0.2) is 0 Å². The second kappa shape index (κ2) is 36.6. The maximum absolute atomic E-state index is 9.70. The molecule has 0 heterocycles. The Labute approximate surface area is 105 Å². The lowest BCUT2D eigenvalue weighted by molar-refractivity contribution is -0.118. The van der Waals surface area contributed by atoms with E-state index in [4.69, 9.17) is 0 Å². The number of rotatable bonds is 0. The molecule has 0 spiro atoms. The molecular weight excluding hydrogens is 222 g/mol. The minimum atomic E-state index is -0.333. The van der Waals surface area contributed by atoms with E-state index < -0.39 is 0 Å². The minimum Gasteiger partial charge on any atom is -0.370 e. The van der Waals surface area contributed by atoms with Crippen LogP contribution in [-0.2, 0) is 14.4 Å². The number of carbonyl (C=O) groups is 3. The smallest absolute Gasteiger partial charge is 0.216 e. The Hall–Kier alpha value is -1.59. The first kappa shape index (κ1) is 29.5. The molecule has 0 aliphatic carbocycles. The van der Waals surface area contributed by atoms with Gasteiger partial charge in [0.05, 0.1) is 0 Å². The van der Waals surface area contributed by atoms with Crippen molar-refractivity contribution in [2.24, 2.45) is 11.5 Å². The molecule has 6 heteroatoms. The summed E-state index contributed by atoms with van der Waals surface area (Å²) < 4.78 is 0. The van der Waals surface area contributed by atoms with Gasteiger partial charge in [-0.15, -0.1) is 0 Å². The summed E-state index contributed by atoms with van der Waals surface area (Å²) in [4.78, 5) is 28.1. The molecule has 0 fully saturated rings. The molecule has 0 radical (unpaired) electrons. The van der Waals surface area contributed by atoms with Gasteiger partial charge in [-0.05, 0) is 0 Å². The van der Waals surface area contributed by atoms with E-state index in [9.17, 15) is 14.4 Å². The minimum absolute atomic E-state index is 0.00463. The van der Waals surface area contributed by atoms with Gasteiger partial charge in [-0.1, -0.05) is 27.7 Å². The molecule has 17 heavy (non-hydrogen) atoms. The van der Waals surface area contributed by atoms with Crippen LogP contribution in [-0.4, -0.2) is 24.8 Å². The van der Waals surface area contributed by atoms with E-state index in [0.29, 0.717) is 0 Å². The molecule has 0 aromatic carbocycles. The van der Waals surface area contributed by atoms with E-state index in [0.717, 1.165) is 0 Å². The highest BCUT2D eigenvalue weighted by Gasteiger charge is 1.72. The van der Waals surface area contributed by atoms with Crippen LogP contribution in [0.5, 0.6) is 0 Å². The average molecular weight is 251 g/mol. The van der Waals surface area contributed by atoms with Crippen LogP contribution in [0.3, 0.4) is 0 Å². The molecule has 6 nitrogen and oxygen atoms in total. The fourth-order valence-electron chi connectivity index (χ4n) is 0. The maximum Gasteiger partial charge on any atom is 0.216 e. The number of hydrogen-bond donors (Lipinski definition) is 3. The molecule has 0 atom stereocenters. The Morgan fingerprint density at radius 3 is 0.824 bits per heavy atom. The summed E-state index contributed by atoms with van der Waals surface area (Å²) >= 11 is 0. The zero-order chi connectivity index (χ0) is 15.4. The SMILES string of the molecule is CC.CC.CC(N)=O.CC(N)=O.CNC(C)=O. The van der Waals surface area contributed by atoms with Crippen LogP contribution in [0.25, 0.3) is 0 Å². The molecule has 3 amide bonds. The largest absolute Gasteiger partial charge is 0.370 e. The van der Waals surface area contributed by atoms with Crippen molar-refractivity contribution >= 4 is 17.7 Å². The highest BCUT2D eigenvalue weighted by Crippen LogP contribution is 1.45. The summed E-state index contributed by atoms with van der Waals surface area (Å²) in [5.41, 5.74) is 8.94. The van der Waals surface area contributed by atoms with Crippen molar-refractivity contribution in [1.82, 2.24) is 5.32 Å². The highest BCUT2D eigenvalue weighted by molar-refractivity contribution is 5.72. The van der Waals surface area contributed by atoms with Crippen LogP contribution >= 0.6 is 0 Å². The van der Waals surface area contributed by atoms with Gasteiger partial charge in [0.1, 0.15) is 0 Å². The van der Waals surface area contributed by atoms with E-state index in [1.807, 2.05) is 27.7 Å². The summed E-state index contributed by atoms with van der Waals surface area (Å²) in [6.45, 7) is 12.1. The van der Waals surface area contributed by atoms with Gasteiger partial charge >= 0.3 is 0 Å². The van der Waals surface area contributed by atoms with E-state index in [2.05, 4.69) is 16.8 Å². The molecule has 0 saturated heterocycles. The van der Waals surface area contributed by atoms with E-state index in [1.54, 1.807) is 7.05 Å². The van der Waals surface area contributed by atoms with Gasteiger partial charge < -0.3 is 16.8 Å². The molecule has 0 aromatic heterocycles. The van der Waals surface area contributed by atoms with Crippen molar-refractivity contribution in [3.63, 3.8) is 0 Å². The Morgan fingerprint density at radius 1 is 0.765 bits per heavy atom. The van der Waals surface area contributed by atoms with Crippen LogP contribution in [0.1, 0.15) is 48.5 Å². The Bertz CT molecular complexity index is 151. The van der Waals surface area contributed by atoms with E-state index >= 15 is 0 Å². The molecule has 0 aliphatic rings. The van der Waals surface area contributed by atoms with Gasteiger partial charge in [-0.3, -0.25) is 14.4 Å². The summed E-state index contributed by atoms with van der Waals surface area (Å²) in [7, 11) is 1.60. The number of carbonyl (C=O) groups excluding carboxylic acids is 3. The maximum atomic E-state index is 9.70. The Balaban J connectivity index is -0.0000000371. The predicted molar refractivity (Wildman–Crippen MR) is 72.2 cm³/mol. The molecular formula is C11H29N3O3. The molecule has 0 saturated carbocycles. The van der Waals surface area contributed by atoms with Gasteiger partial charge in [-0.25, -0.2) is 0 Å². The second-order valence-corrected chi connectivity index (χ2v) is 2.03. The Kier molecular flexibility index (Phi) is 63.6. The van der Waals surface area contributed by atoms with Crippen LogP contribution in [0, 0.1) is 0 Å². The third-order valence-corrected chi connectivity index (χ3v) is 0.352. The quantitative estimate of drug-likeness (QED) is 0.591. The lowest BCUT2D eigenvalue weighted by Gasteiger charge is -1.80. The molecule has 0 rings (SSSR count). The van der Waals surface area contributed by atoms with Crippen molar-refractivity contribution in [2.45, 2.75) is 48.5 Å². The van der Waals surface area contributed by atoms with Crippen molar-refractivity contribution < 1.29 is 14.4 Å². The third kappa shape index (κ3) is 13200. The number of hydrogen-bond acceptors (Lipinski definition) is 3. The van der Waals surface area contributed by atoms with E-state index in [1.165, 1.54) is 20.8 Å². The number of nitrogens with one attached hydrogen (secondary N) is 1. The predicted octanol–water partition coefficient (Wildman–Crippen LogP) is 0.788. The van der Waals surface area contributed by atoms with Crippen LogP contribution in [0.15, 0.2) is 0 Å². The molecule has 106 valence electrons. The fourth-order valence-corrected chi connectivity index (χ4v) is 0. The van der Waals surface area contributed by atoms with Gasteiger partial charge in [0.25, 0.3) is 0 Å². The Morgan fingerprint density at radius 2 is 0.824 bits per heavy atom.